The highest BCUT2D eigenvalue weighted by Gasteiger charge is 2.40. The van der Waals surface area contributed by atoms with Crippen LogP contribution < -0.4 is 10.1 Å². The van der Waals surface area contributed by atoms with Gasteiger partial charge in [-0.3, -0.25) is 4.57 Å². The Balaban J connectivity index is 1.67. The molecule has 0 aliphatic carbocycles. The molecule has 10 nitrogen and oxygen atoms in total. The van der Waals surface area contributed by atoms with Gasteiger partial charge >= 0.3 is 7.59 Å². The molecule has 0 unspecified atom stereocenters. The van der Waals surface area contributed by atoms with Crippen molar-refractivity contribution in [3.63, 3.8) is 0 Å². The van der Waals surface area contributed by atoms with Crippen LogP contribution in [0.25, 0.3) is 0 Å². The number of guanidine groups is 1. The first-order valence-electron chi connectivity index (χ1n) is 10.8. The summed E-state index contributed by atoms with van der Waals surface area (Å²) in [7, 11) is -1.58. The number of hydrogen-bond donors (Lipinski definition) is 1. The maximum atomic E-state index is 14.5. The second kappa shape index (κ2) is 10.8. The van der Waals surface area contributed by atoms with Gasteiger partial charge in [0.05, 0.1) is 46.8 Å². The van der Waals surface area contributed by atoms with Gasteiger partial charge in [-0.25, -0.2) is 9.34 Å². The van der Waals surface area contributed by atoms with Crippen LogP contribution in [0.1, 0.15) is 0 Å². The van der Waals surface area contributed by atoms with Crippen LogP contribution in [0, 0.1) is 0 Å². The van der Waals surface area contributed by atoms with Crippen LogP contribution in [0.15, 0.2) is 29.0 Å². The standard InChI is InChI=1S/C20H32N5O5P/c1-27-19-4-2-18(3-5-19)21-20(23-6-12-28-13-7-23)22-31(26,24-8-14-29-15-9-24)25-10-16-30-17-11-25/h2-5H,6-17H2,1H3,(H,21,22,26). The molecule has 0 aromatic heterocycles. The van der Waals surface area contributed by atoms with E-state index in [0.717, 1.165) is 11.4 Å². The van der Waals surface area contributed by atoms with E-state index in [-0.39, 0.29) is 0 Å². The number of methoxy groups -OCH3 is 1. The zero-order valence-corrected chi connectivity index (χ0v) is 19.0. The molecule has 0 atom stereocenters. The summed E-state index contributed by atoms with van der Waals surface area (Å²) in [6, 6.07) is 7.65. The molecule has 1 N–H and O–H groups in total. The van der Waals surface area contributed by atoms with Crippen molar-refractivity contribution in [3.8, 4) is 5.75 Å². The minimum Gasteiger partial charge on any atom is -0.497 e. The van der Waals surface area contributed by atoms with Gasteiger partial charge in [0.15, 0.2) is 0 Å². The van der Waals surface area contributed by atoms with E-state index in [4.69, 9.17) is 23.7 Å². The van der Waals surface area contributed by atoms with E-state index in [0.29, 0.717) is 84.9 Å². The molecule has 0 bridgehead atoms. The first-order valence-corrected chi connectivity index (χ1v) is 12.4. The number of nitrogens with zero attached hydrogens (tertiary/aromatic N) is 4. The molecule has 1 aromatic rings. The van der Waals surface area contributed by atoms with E-state index in [9.17, 15) is 4.57 Å². The lowest BCUT2D eigenvalue weighted by Crippen LogP contribution is -2.46. The van der Waals surface area contributed by atoms with E-state index >= 15 is 0 Å². The summed E-state index contributed by atoms with van der Waals surface area (Å²) in [5.74, 6) is 1.39. The summed E-state index contributed by atoms with van der Waals surface area (Å²) in [5.41, 5.74) is 0.863. The van der Waals surface area contributed by atoms with Gasteiger partial charge in [0, 0.05) is 45.0 Å². The van der Waals surface area contributed by atoms with Gasteiger partial charge in [0.25, 0.3) is 0 Å². The third-order valence-electron chi connectivity index (χ3n) is 5.59. The minimum absolute atomic E-state index is 0.558. The number of morpholine rings is 3. The van der Waals surface area contributed by atoms with Crippen LogP contribution in [0.2, 0.25) is 0 Å². The zero-order valence-electron chi connectivity index (χ0n) is 18.1. The molecule has 0 amide bonds. The Bertz CT molecular complexity index is 753. The second-order valence-corrected chi connectivity index (χ2v) is 9.88. The topological polar surface area (TPSA) is 88.1 Å². The molecule has 31 heavy (non-hydrogen) atoms. The Labute approximate surface area is 183 Å². The fourth-order valence-corrected chi connectivity index (χ4v) is 6.21. The predicted molar refractivity (Wildman–Crippen MR) is 119 cm³/mol. The van der Waals surface area contributed by atoms with Gasteiger partial charge in [0.2, 0.25) is 5.96 Å². The monoisotopic (exact) mass is 453 g/mol. The summed E-state index contributed by atoms with van der Waals surface area (Å²) >= 11 is 0. The molecular formula is C20H32N5O5P. The average molecular weight is 453 g/mol. The highest BCUT2D eigenvalue weighted by Crippen LogP contribution is 2.55. The molecule has 3 aliphatic rings. The summed E-state index contributed by atoms with van der Waals surface area (Å²) in [6.45, 7) is 7.21. The maximum Gasteiger partial charge on any atom is 0.332 e. The average Bonchev–Trinajstić information content (AvgIpc) is 2.85. The SMILES string of the molecule is COc1ccc(N/C(=N/P(=O)(N2CCOCC2)N2CCOCC2)N2CCOCC2)cc1. The largest absolute Gasteiger partial charge is 0.497 e. The van der Waals surface area contributed by atoms with Gasteiger partial charge in [-0.05, 0) is 24.3 Å². The molecule has 3 fully saturated rings. The fourth-order valence-electron chi connectivity index (χ4n) is 3.80. The highest BCUT2D eigenvalue weighted by molar-refractivity contribution is 7.57. The van der Waals surface area contributed by atoms with Crippen molar-refractivity contribution in [2.45, 2.75) is 0 Å². The molecule has 3 aliphatic heterocycles. The van der Waals surface area contributed by atoms with Crippen molar-refractivity contribution < 1.29 is 23.5 Å². The molecule has 11 heteroatoms. The number of benzene rings is 1. The molecule has 172 valence electrons. The number of nitrogens with one attached hydrogen (secondary N) is 1. The van der Waals surface area contributed by atoms with Gasteiger partial charge in [-0.1, -0.05) is 0 Å². The van der Waals surface area contributed by atoms with Crippen molar-refractivity contribution in [1.82, 2.24) is 14.2 Å². The van der Waals surface area contributed by atoms with E-state index < -0.39 is 7.59 Å². The molecule has 3 heterocycles. The third-order valence-corrected chi connectivity index (χ3v) is 8.32. The smallest absolute Gasteiger partial charge is 0.332 e. The van der Waals surface area contributed by atoms with E-state index in [1.165, 1.54) is 0 Å². The third kappa shape index (κ3) is 5.58. The normalized spacial score (nSPS) is 22.4. The van der Waals surface area contributed by atoms with Crippen molar-refractivity contribution in [2.75, 3.05) is 91.3 Å². The molecule has 0 spiro atoms. The first kappa shape index (κ1) is 22.5. The lowest BCUT2D eigenvalue weighted by molar-refractivity contribution is 0.0522. The van der Waals surface area contributed by atoms with Crippen molar-refractivity contribution in [1.29, 1.82) is 0 Å². The Morgan fingerprint density at radius 3 is 1.84 bits per heavy atom. The number of rotatable bonds is 5. The number of ether oxygens (including phenoxy) is 4. The number of hydrogen-bond acceptors (Lipinski definition) is 5. The lowest BCUT2D eigenvalue weighted by atomic mass is 10.3. The minimum atomic E-state index is -3.22. The predicted octanol–water partition coefficient (Wildman–Crippen LogP) is 1.57. The fraction of sp³-hybridized carbons (Fsp3) is 0.650. The molecule has 0 radical (unpaired) electrons. The Kier molecular flexibility index (Phi) is 7.81. The van der Waals surface area contributed by atoms with E-state index in [1.54, 1.807) is 7.11 Å². The van der Waals surface area contributed by atoms with Crippen LogP contribution >= 0.6 is 7.59 Å². The maximum absolute atomic E-state index is 14.5. The molecule has 1 aromatic carbocycles. The lowest BCUT2D eigenvalue weighted by Gasteiger charge is -2.40. The van der Waals surface area contributed by atoms with Crippen molar-refractivity contribution >= 4 is 19.2 Å². The Morgan fingerprint density at radius 1 is 0.871 bits per heavy atom. The van der Waals surface area contributed by atoms with Crippen LogP contribution in [0.4, 0.5) is 5.69 Å². The van der Waals surface area contributed by atoms with Gasteiger partial charge in [-0.2, -0.15) is 4.76 Å². The first-order chi connectivity index (χ1) is 15.2. The van der Waals surface area contributed by atoms with E-state index in [2.05, 4.69) is 10.2 Å². The number of anilines is 1. The second-order valence-electron chi connectivity index (χ2n) is 7.52. The quantitative estimate of drug-likeness (QED) is 0.405. The van der Waals surface area contributed by atoms with Crippen LogP contribution in [0.5, 0.6) is 5.75 Å². The molecule has 4 rings (SSSR count). The van der Waals surface area contributed by atoms with Gasteiger partial charge in [-0.15, -0.1) is 0 Å². The summed E-state index contributed by atoms with van der Waals surface area (Å²) < 4.78 is 45.2. The highest BCUT2D eigenvalue weighted by atomic mass is 31.2. The van der Waals surface area contributed by atoms with Gasteiger partial charge in [0.1, 0.15) is 5.75 Å². The zero-order chi connectivity index (χ0) is 21.5. The van der Waals surface area contributed by atoms with Crippen molar-refractivity contribution in [2.24, 2.45) is 4.76 Å². The molecular weight excluding hydrogens is 421 g/mol. The summed E-state index contributed by atoms with van der Waals surface area (Å²) in [4.78, 5) is 2.11. The van der Waals surface area contributed by atoms with E-state index in [1.807, 2.05) is 33.6 Å². The molecule has 3 saturated heterocycles. The van der Waals surface area contributed by atoms with Crippen LogP contribution in [0.3, 0.4) is 0 Å². The van der Waals surface area contributed by atoms with Crippen molar-refractivity contribution in [3.05, 3.63) is 24.3 Å². The Hall–Kier alpha value is -1.68. The van der Waals surface area contributed by atoms with Crippen LogP contribution in [-0.2, 0) is 18.8 Å². The molecule has 0 saturated carbocycles. The Morgan fingerprint density at radius 2 is 1.35 bits per heavy atom. The summed E-state index contributed by atoms with van der Waals surface area (Å²) in [6.07, 6.45) is 0. The van der Waals surface area contributed by atoms with Crippen LogP contribution in [-0.4, -0.2) is 106 Å². The summed E-state index contributed by atoms with van der Waals surface area (Å²) in [5, 5.41) is 3.41. The van der Waals surface area contributed by atoms with Gasteiger partial charge < -0.3 is 29.2 Å².